The monoisotopic (exact) mass is 372 g/mol. The highest BCUT2D eigenvalue weighted by Gasteiger charge is 2.13. The average molecular weight is 372 g/mol. The molecule has 0 saturated heterocycles. The van der Waals surface area contributed by atoms with Crippen molar-refractivity contribution in [2.45, 2.75) is 20.4 Å². The number of carbonyl (C=O) groups excluding carboxylic acids is 2. The molecule has 0 bridgehead atoms. The molecule has 0 heterocycles. The maximum absolute atomic E-state index is 12.7. The molecule has 3 rings (SSSR count). The van der Waals surface area contributed by atoms with Gasteiger partial charge in [0, 0.05) is 30.4 Å². The zero-order chi connectivity index (χ0) is 20.1. The number of nitrogens with one attached hydrogen (secondary N) is 1. The Kier molecular flexibility index (Phi) is 5.90. The standard InChI is InChI=1S/C24H24N2O2/c1-17-9-10-21(18(2)15-17)16-26(3)24(28)20-11-13-22(14-12-20)25-23(27)19-7-5-4-6-8-19/h4-15H,16H2,1-3H3,(H,25,27). The number of benzene rings is 3. The van der Waals surface area contributed by atoms with Crippen molar-refractivity contribution >= 4 is 17.5 Å². The summed E-state index contributed by atoms with van der Waals surface area (Å²) in [7, 11) is 1.80. The van der Waals surface area contributed by atoms with Gasteiger partial charge in [0.25, 0.3) is 11.8 Å². The van der Waals surface area contributed by atoms with Crippen molar-refractivity contribution in [1.82, 2.24) is 4.90 Å². The summed E-state index contributed by atoms with van der Waals surface area (Å²) in [5.74, 6) is -0.229. The van der Waals surface area contributed by atoms with Crippen molar-refractivity contribution in [3.63, 3.8) is 0 Å². The predicted octanol–water partition coefficient (Wildman–Crippen LogP) is 4.83. The summed E-state index contributed by atoms with van der Waals surface area (Å²) in [6.45, 7) is 4.67. The molecular formula is C24H24N2O2. The number of amides is 2. The molecule has 0 spiro atoms. The number of nitrogens with zero attached hydrogens (tertiary/aromatic N) is 1. The lowest BCUT2D eigenvalue weighted by Crippen LogP contribution is -2.26. The zero-order valence-electron chi connectivity index (χ0n) is 16.4. The Labute approximate surface area is 165 Å². The van der Waals surface area contributed by atoms with Crippen molar-refractivity contribution in [2.24, 2.45) is 0 Å². The third-order valence-corrected chi connectivity index (χ3v) is 4.68. The minimum Gasteiger partial charge on any atom is -0.337 e. The van der Waals surface area contributed by atoms with E-state index in [1.165, 1.54) is 11.1 Å². The van der Waals surface area contributed by atoms with Crippen LogP contribution in [-0.2, 0) is 6.54 Å². The summed E-state index contributed by atoms with van der Waals surface area (Å²) >= 11 is 0. The third-order valence-electron chi connectivity index (χ3n) is 4.68. The van der Waals surface area contributed by atoms with Gasteiger partial charge in [-0.3, -0.25) is 9.59 Å². The highest BCUT2D eigenvalue weighted by Crippen LogP contribution is 2.16. The van der Waals surface area contributed by atoms with E-state index in [4.69, 9.17) is 0 Å². The molecule has 0 fully saturated rings. The van der Waals surface area contributed by atoms with Gasteiger partial charge in [-0.2, -0.15) is 0 Å². The molecule has 0 aliphatic heterocycles. The fourth-order valence-corrected chi connectivity index (χ4v) is 3.06. The molecule has 2 amide bonds. The lowest BCUT2D eigenvalue weighted by Gasteiger charge is -2.19. The Morgan fingerprint density at radius 3 is 2.18 bits per heavy atom. The first-order chi connectivity index (χ1) is 13.4. The van der Waals surface area contributed by atoms with Gasteiger partial charge < -0.3 is 10.2 Å². The molecule has 4 heteroatoms. The van der Waals surface area contributed by atoms with Crippen LogP contribution in [0.2, 0.25) is 0 Å². The van der Waals surface area contributed by atoms with Crippen LogP contribution in [0.5, 0.6) is 0 Å². The van der Waals surface area contributed by atoms with Gasteiger partial charge in [-0.1, -0.05) is 42.0 Å². The van der Waals surface area contributed by atoms with E-state index >= 15 is 0 Å². The highest BCUT2D eigenvalue weighted by atomic mass is 16.2. The second-order valence-electron chi connectivity index (χ2n) is 6.99. The van der Waals surface area contributed by atoms with Crippen LogP contribution in [-0.4, -0.2) is 23.8 Å². The highest BCUT2D eigenvalue weighted by molar-refractivity contribution is 6.04. The molecule has 0 atom stereocenters. The number of aryl methyl sites for hydroxylation is 2. The molecule has 0 unspecified atom stereocenters. The number of carbonyl (C=O) groups is 2. The first kappa shape index (κ1) is 19.4. The second kappa shape index (κ2) is 8.53. The van der Waals surface area contributed by atoms with E-state index in [0.717, 1.165) is 5.56 Å². The van der Waals surface area contributed by atoms with E-state index in [1.54, 1.807) is 48.3 Å². The molecule has 0 radical (unpaired) electrons. The van der Waals surface area contributed by atoms with Crippen molar-refractivity contribution in [3.8, 4) is 0 Å². The van der Waals surface area contributed by atoms with Crippen LogP contribution in [0.4, 0.5) is 5.69 Å². The van der Waals surface area contributed by atoms with Gasteiger partial charge in [0.2, 0.25) is 0 Å². The summed E-state index contributed by atoms with van der Waals surface area (Å²) < 4.78 is 0. The molecule has 3 aromatic carbocycles. The summed E-state index contributed by atoms with van der Waals surface area (Å²) in [5.41, 5.74) is 5.36. The van der Waals surface area contributed by atoms with Crippen molar-refractivity contribution in [2.75, 3.05) is 12.4 Å². The van der Waals surface area contributed by atoms with Crippen LogP contribution >= 0.6 is 0 Å². The lowest BCUT2D eigenvalue weighted by atomic mass is 10.1. The maximum Gasteiger partial charge on any atom is 0.255 e. The maximum atomic E-state index is 12.7. The van der Waals surface area contributed by atoms with Gasteiger partial charge in [-0.25, -0.2) is 0 Å². The Balaban J connectivity index is 1.65. The second-order valence-corrected chi connectivity index (χ2v) is 6.99. The van der Waals surface area contributed by atoms with Gasteiger partial charge in [-0.15, -0.1) is 0 Å². The van der Waals surface area contributed by atoms with Gasteiger partial charge in [0.15, 0.2) is 0 Å². The molecule has 0 aliphatic rings. The molecule has 0 aromatic heterocycles. The van der Waals surface area contributed by atoms with E-state index in [2.05, 4.69) is 37.4 Å². The van der Waals surface area contributed by atoms with E-state index < -0.39 is 0 Å². The first-order valence-corrected chi connectivity index (χ1v) is 9.22. The Morgan fingerprint density at radius 2 is 1.54 bits per heavy atom. The Hall–Kier alpha value is -3.40. The number of hydrogen-bond donors (Lipinski definition) is 1. The van der Waals surface area contributed by atoms with Crippen LogP contribution < -0.4 is 5.32 Å². The lowest BCUT2D eigenvalue weighted by molar-refractivity contribution is 0.0785. The van der Waals surface area contributed by atoms with Crippen LogP contribution in [0.1, 0.15) is 37.4 Å². The van der Waals surface area contributed by atoms with Crippen LogP contribution in [0.3, 0.4) is 0 Å². The Bertz CT molecular complexity index is 979. The van der Waals surface area contributed by atoms with Gasteiger partial charge in [-0.05, 0) is 61.4 Å². The van der Waals surface area contributed by atoms with E-state index in [-0.39, 0.29) is 11.8 Å². The Morgan fingerprint density at radius 1 is 0.857 bits per heavy atom. The molecule has 0 aliphatic carbocycles. The first-order valence-electron chi connectivity index (χ1n) is 9.22. The molecule has 1 N–H and O–H groups in total. The summed E-state index contributed by atoms with van der Waals surface area (Å²) in [5, 5.41) is 2.84. The molecular weight excluding hydrogens is 348 g/mol. The average Bonchev–Trinajstić information content (AvgIpc) is 2.70. The van der Waals surface area contributed by atoms with E-state index in [0.29, 0.717) is 23.4 Å². The summed E-state index contributed by atoms with van der Waals surface area (Å²) in [4.78, 5) is 26.6. The normalized spacial score (nSPS) is 10.4. The van der Waals surface area contributed by atoms with Gasteiger partial charge in [0.1, 0.15) is 0 Å². The molecule has 4 nitrogen and oxygen atoms in total. The summed E-state index contributed by atoms with van der Waals surface area (Å²) in [6, 6.07) is 22.3. The van der Waals surface area contributed by atoms with Crippen molar-refractivity contribution in [3.05, 3.63) is 101 Å². The smallest absolute Gasteiger partial charge is 0.255 e. The number of hydrogen-bond acceptors (Lipinski definition) is 2. The molecule has 3 aromatic rings. The molecule has 0 saturated carbocycles. The minimum absolute atomic E-state index is 0.0547. The van der Waals surface area contributed by atoms with Crippen LogP contribution in [0, 0.1) is 13.8 Å². The van der Waals surface area contributed by atoms with E-state index in [1.807, 2.05) is 18.2 Å². The van der Waals surface area contributed by atoms with Crippen molar-refractivity contribution < 1.29 is 9.59 Å². The molecule has 28 heavy (non-hydrogen) atoms. The zero-order valence-corrected chi connectivity index (χ0v) is 16.4. The van der Waals surface area contributed by atoms with Gasteiger partial charge in [0.05, 0.1) is 0 Å². The van der Waals surface area contributed by atoms with Crippen LogP contribution in [0.15, 0.2) is 72.8 Å². The summed E-state index contributed by atoms with van der Waals surface area (Å²) in [6.07, 6.45) is 0. The number of anilines is 1. The predicted molar refractivity (Wildman–Crippen MR) is 113 cm³/mol. The van der Waals surface area contributed by atoms with Crippen LogP contribution in [0.25, 0.3) is 0 Å². The largest absolute Gasteiger partial charge is 0.337 e. The number of rotatable bonds is 5. The third kappa shape index (κ3) is 4.65. The van der Waals surface area contributed by atoms with Crippen molar-refractivity contribution in [1.29, 1.82) is 0 Å². The minimum atomic E-state index is -0.174. The van der Waals surface area contributed by atoms with Gasteiger partial charge >= 0.3 is 0 Å². The fraction of sp³-hybridized carbons (Fsp3) is 0.167. The topological polar surface area (TPSA) is 49.4 Å². The quantitative estimate of drug-likeness (QED) is 0.697. The molecule has 142 valence electrons. The van der Waals surface area contributed by atoms with E-state index in [9.17, 15) is 9.59 Å². The fourth-order valence-electron chi connectivity index (χ4n) is 3.06. The SMILES string of the molecule is Cc1ccc(CN(C)C(=O)c2ccc(NC(=O)c3ccccc3)cc2)c(C)c1.